The van der Waals surface area contributed by atoms with Crippen LogP contribution in [0.15, 0.2) is 60.5 Å². The van der Waals surface area contributed by atoms with Gasteiger partial charge in [0, 0.05) is 53.4 Å². The molecule has 10 atom stereocenters. The lowest BCUT2D eigenvalue weighted by Gasteiger charge is -2.59. The summed E-state index contributed by atoms with van der Waals surface area (Å²) < 4.78 is 15.2. The SMILES string of the molecule is C[C@]12C=CC(=O)C=C1CC[C@@H]1[C@@H]2[C@@H](O)C[C@@]2(C)[C@H]1C[C@H]1O[C@@H](c3ccn(Cc4cc(CO)cc(NC(=O)[C@H](CCC(=O)O)NC(=O)CNC(=O)CBr)c4)c3)O[C@]12C(=O)CO. The number of aliphatic hydroxyl groups excluding tert-OH is 3. The molecule has 0 radical (unpaired) electrons. The Kier molecular flexibility index (Phi) is 12.4. The van der Waals surface area contributed by atoms with Gasteiger partial charge in [-0.05, 0) is 85.4 Å². The van der Waals surface area contributed by atoms with Crippen molar-refractivity contribution in [2.45, 2.75) is 95.7 Å². The number of carboxylic acid groups (broad SMARTS) is 1. The second kappa shape index (κ2) is 17.1. The summed E-state index contributed by atoms with van der Waals surface area (Å²) in [6.07, 6.45) is 7.98. The van der Waals surface area contributed by atoms with Crippen LogP contribution in [0.25, 0.3) is 0 Å². The number of fused-ring (bicyclic) bond motifs is 7. The summed E-state index contributed by atoms with van der Waals surface area (Å²) in [4.78, 5) is 75.0. The number of alkyl halides is 1. The number of carbonyl (C=O) groups excluding carboxylic acids is 5. The second-order valence-electron chi connectivity index (χ2n) is 17.1. The van der Waals surface area contributed by atoms with E-state index in [1.165, 1.54) is 0 Å². The first-order valence-electron chi connectivity index (χ1n) is 20.2. The minimum Gasteiger partial charge on any atom is -0.481 e. The van der Waals surface area contributed by atoms with Crippen LogP contribution in [0.2, 0.25) is 0 Å². The Hall–Kier alpha value is -4.52. The quantitative estimate of drug-likeness (QED) is 0.128. The first-order valence-corrected chi connectivity index (χ1v) is 21.3. The maximum absolute atomic E-state index is 14.0. The molecule has 3 amide bonds. The van der Waals surface area contributed by atoms with Crippen LogP contribution in [0.4, 0.5) is 5.69 Å². The Labute approximate surface area is 354 Å². The fourth-order valence-corrected chi connectivity index (χ4v) is 11.2. The molecule has 60 heavy (non-hydrogen) atoms. The van der Waals surface area contributed by atoms with Crippen molar-refractivity contribution in [3.05, 3.63) is 77.2 Å². The highest BCUT2D eigenvalue weighted by Crippen LogP contribution is 2.70. The molecule has 2 aromatic rings. The lowest BCUT2D eigenvalue weighted by atomic mass is 9.46. The third-order valence-electron chi connectivity index (χ3n) is 13.6. The first kappa shape index (κ1) is 43.6. The van der Waals surface area contributed by atoms with Gasteiger partial charge in [-0.25, -0.2) is 0 Å². The summed E-state index contributed by atoms with van der Waals surface area (Å²) in [6, 6.07) is 5.55. The van der Waals surface area contributed by atoms with E-state index >= 15 is 0 Å². The van der Waals surface area contributed by atoms with E-state index in [0.29, 0.717) is 35.2 Å². The zero-order chi connectivity index (χ0) is 43.1. The van der Waals surface area contributed by atoms with Gasteiger partial charge in [-0.1, -0.05) is 47.5 Å². The predicted molar refractivity (Wildman–Crippen MR) is 217 cm³/mol. The Bertz CT molecular complexity index is 2140. The number of carboxylic acids is 1. The Morgan fingerprint density at radius 3 is 2.57 bits per heavy atom. The van der Waals surface area contributed by atoms with Gasteiger partial charge < -0.3 is 50.4 Å². The molecule has 1 aromatic carbocycles. The molecule has 4 aliphatic carbocycles. The number of anilines is 1. The molecule has 3 saturated carbocycles. The summed E-state index contributed by atoms with van der Waals surface area (Å²) >= 11 is 2.98. The molecule has 4 fully saturated rings. The Morgan fingerprint density at radius 2 is 1.85 bits per heavy atom. The van der Waals surface area contributed by atoms with E-state index in [1.54, 1.807) is 48.8 Å². The minimum absolute atomic E-state index is 0.0245. The fraction of sp³-hybridized carbons (Fsp3) is 0.535. The van der Waals surface area contributed by atoms with Crippen molar-refractivity contribution < 1.29 is 58.7 Å². The van der Waals surface area contributed by atoms with Crippen LogP contribution < -0.4 is 16.0 Å². The van der Waals surface area contributed by atoms with E-state index < -0.39 is 90.0 Å². The van der Waals surface area contributed by atoms with Crippen LogP contribution in [0.5, 0.6) is 0 Å². The maximum Gasteiger partial charge on any atom is 0.303 e. The summed E-state index contributed by atoms with van der Waals surface area (Å²) in [5.74, 6) is -3.70. The summed E-state index contributed by atoms with van der Waals surface area (Å²) in [6.45, 7) is 2.82. The number of aliphatic carboxylic acids is 1. The number of halogens is 1. The lowest BCUT2D eigenvalue weighted by Crippen LogP contribution is -2.63. The number of allylic oxidation sites excluding steroid dienone is 4. The molecule has 0 bridgehead atoms. The van der Waals surface area contributed by atoms with Gasteiger partial charge in [-0.3, -0.25) is 28.8 Å². The molecule has 5 aliphatic rings. The summed E-state index contributed by atoms with van der Waals surface area (Å²) in [5, 5.41) is 49.2. The number of nitrogens with one attached hydrogen (secondary N) is 3. The van der Waals surface area contributed by atoms with Crippen LogP contribution in [0.1, 0.15) is 75.4 Å². The molecular formula is C43H51BrN4O12. The number of hydrogen-bond donors (Lipinski definition) is 7. The average molecular weight is 896 g/mol. The van der Waals surface area contributed by atoms with Gasteiger partial charge in [-0.15, -0.1) is 0 Å². The van der Waals surface area contributed by atoms with Gasteiger partial charge in [-0.2, -0.15) is 0 Å². The highest BCUT2D eigenvalue weighted by atomic mass is 79.9. The Balaban J connectivity index is 1.07. The van der Waals surface area contributed by atoms with Gasteiger partial charge >= 0.3 is 5.97 Å². The standard InChI is InChI=1S/C43H51BrN4O12/c1-41-9-7-28(51)14-26(41)3-4-29-30-15-34-43(33(53)22-50,42(30,2)16-32(52)38(29)41)60-40(59-34)25-8-10-48(20-25)19-23-11-24(21-49)13-27(12-23)46-39(58)31(5-6-37(56)57)47-36(55)18-45-35(54)17-44/h7-14,20,29-32,34,38,40,49-50,52H,3-6,15-19,21-22H2,1-2H3,(H,45,54)(H,46,58)(H,47,55)(H,56,57)/t29-,30-,31-,32-,34+,38+,40+,41-,42-,43+/m0/s1. The molecule has 2 heterocycles. The molecule has 322 valence electrons. The molecule has 1 aromatic heterocycles. The smallest absolute Gasteiger partial charge is 0.303 e. The number of benzene rings is 1. The zero-order valence-electron chi connectivity index (χ0n) is 33.4. The average Bonchev–Trinajstić information content (AvgIpc) is 3.90. The largest absolute Gasteiger partial charge is 0.481 e. The van der Waals surface area contributed by atoms with Crippen molar-refractivity contribution in [3.8, 4) is 0 Å². The number of ether oxygens (including phenoxy) is 2. The second-order valence-corrected chi connectivity index (χ2v) is 17.7. The number of nitrogens with zero attached hydrogens (tertiary/aromatic N) is 1. The van der Waals surface area contributed by atoms with E-state index in [1.807, 2.05) is 17.6 Å². The molecule has 16 nitrogen and oxygen atoms in total. The van der Waals surface area contributed by atoms with Crippen LogP contribution >= 0.6 is 15.9 Å². The molecular weight excluding hydrogens is 844 g/mol. The number of carbonyl (C=O) groups is 6. The third kappa shape index (κ3) is 7.91. The van der Waals surface area contributed by atoms with Gasteiger partial charge in [0.1, 0.15) is 12.6 Å². The molecule has 1 aliphatic heterocycles. The van der Waals surface area contributed by atoms with E-state index in [4.69, 9.17) is 9.47 Å². The van der Waals surface area contributed by atoms with Crippen molar-refractivity contribution in [2.75, 3.05) is 23.8 Å². The van der Waals surface area contributed by atoms with Gasteiger partial charge in [0.25, 0.3) is 0 Å². The van der Waals surface area contributed by atoms with Crippen LogP contribution in [0.3, 0.4) is 0 Å². The number of Topliss-reactive ketones (excluding diaryl/α,β-unsaturated/α-hetero) is 1. The van der Waals surface area contributed by atoms with Crippen molar-refractivity contribution in [3.63, 3.8) is 0 Å². The molecule has 7 N–H and O–H groups in total. The molecule has 0 spiro atoms. The minimum atomic E-state index is -1.51. The molecule has 17 heteroatoms. The van der Waals surface area contributed by atoms with Crippen molar-refractivity contribution in [2.24, 2.45) is 28.6 Å². The third-order valence-corrected chi connectivity index (χ3v) is 14.1. The van der Waals surface area contributed by atoms with Gasteiger partial charge in [0.05, 0.1) is 30.7 Å². The van der Waals surface area contributed by atoms with E-state index in [9.17, 15) is 49.2 Å². The van der Waals surface area contributed by atoms with Crippen LogP contribution in [-0.2, 0) is 51.4 Å². The fourth-order valence-electron chi connectivity index (χ4n) is 11.0. The van der Waals surface area contributed by atoms with Crippen LogP contribution in [-0.4, -0.2) is 103 Å². The number of rotatable bonds is 15. The lowest BCUT2D eigenvalue weighted by molar-refractivity contribution is -0.201. The summed E-state index contributed by atoms with van der Waals surface area (Å²) in [7, 11) is 0. The van der Waals surface area contributed by atoms with Gasteiger partial charge in [0.15, 0.2) is 23.5 Å². The molecule has 1 saturated heterocycles. The number of amides is 3. The van der Waals surface area contributed by atoms with Crippen molar-refractivity contribution >= 4 is 56.9 Å². The Morgan fingerprint density at radius 1 is 1.08 bits per heavy atom. The monoisotopic (exact) mass is 894 g/mol. The topological polar surface area (TPSA) is 243 Å². The number of aliphatic hydroxyl groups is 3. The normalized spacial score (nSPS) is 31.8. The number of hydrogen-bond acceptors (Lipinski definition) is 11. The zero-order valence-corrected chi connectivity index (χ0v) is 35.0. The highest BCUT2D eigenvalue weighted by Gasteiger charge is 2.76. The summed E-state index contributed by atoms with van der Waals surface area (Å²) in [5.41, 5.74) is 0.243. The first-order chi connectivity index (χ1) is 28.5. The van der Waals surface area contributed by atoms with E-state index in [2.05, 4.69) is 38.8 Å². The molecule has 7 rings (SSSR count). The number of aromatic nitrogens is 1. The van der Waals surface area contributed by atoms with Crippen molar-refractivity contribution in [1.29, 1.82) is 0 Å². The molecule has 0 unspecified atom stereocenters. The van der Waals surface area contributed by atoms with E-state index in [-0.39, 0.29) is 54.9 Å². The van der Waals surface area contributed by atoms with Gasteiger partial charge in [0.2, 0.25) is 17.7 Å². The predicted octanol–water partition coefficient (Wildman–Crippen LogP) is 2.43. The van der Waals surface area contributed by atoms with E-state index in [0.717, 1.165) is 12.0 Å². The van der Waals surface area contributed by atoms with Crippen LogP contribution in [0, 0.1) is 28.6 Å². The maximum atomic E-state index is 14.0. The highest BCUT2D eigenvalue weighted by molar-refractivity contribution is 9.09. The van der Waals surface area contributed by atoms with Crippen molar-refractivity contribution in [1.82, 2.24) is 15.2 Å². The number of ketones is 2.